The molecule has 12 heavy (non-hydrogen) atoms. The number of aliphatic hydroxyl groups excluding tert-OH is 3. The molecular formula is C7H18INO3. The molecule has 0 bridgehead atoms. The largest absolute Gasteiger partial charge is 1.00 e. The molecule has 0 radical (unpaired) electrons. The molecule has 3 unspecified atom stereocenters. The van der Waals surface area contributed by atoms with E-state index in [-0.39, 0.29) is 28.5 Å². The third kappa shape index (κ3) is 2.81. The zero-order chi connectivity index (χ0) is 9.23. The molecule has 0 aromatic rings. The van der Waals surface area contributed by atoms with E-state index >= 15 is 0 Å². The molecule has 0 saturated carbocycles. The third-order valence-electron chi connectivity index (χ3n) is 2.42. The lowest BCUT2D eigenvalue weighted by Gasteiger charge is -2.41. The highest BCUT2D eigenvalue weighted by Gasteiger charge is 2.37. The van der Waals surface area contributed by atoms with E-state index in [1.807, 2.05) is 0 Å². The molecule has 0 aliphatic heterocycles. The van der Waals surface area contributed by atoms with Crippen molar-refractivity contribution in [2.24, 2.45) is 0 Å². The molecule has 0 saturated heterocycles. The van der Waals surface area contributed by atoms with Crippen molar-refractivity contribution in [2.45, 2.75) is 39.5 Å². The number of aliphatic hydroxyl groups is 3. The molecule has 0 aromatic heterocycles. The second-order valence-electron chi connectivity index (χ2n) is 3.12. The van der Waals surface area contributed by atoms with Crippen molar-refractivity contribution in [3.05, 3.63) is 0 Å². The van der Waals surface area contributed by atoms with Crippen LogP contribution in [0.15, 0.2) is 0 Å². The predicted molar refractivity (Wildman–Crippen MR) is 41.2 cm³/mol. The molecule has 0 aliphatic carbocycles. The standard InChI is InChI=1S/C7H18NO3.HI/c1-5(9)8(4,6(2)10)7(3)11;/h5-7,9-11H,1-4H3;1H/q+1;/p-1. The van der Waals surface area contributed by atoms with E-state index < -0.39 is 18.7 Å². The number of nitrogens with zero attached hydrogens (tertiary/aromatic N) is 1. The summed E-state index contributed by atoms with van der Waals surface area (Å²) in [6.45, 7) is 4.62. The van der Waals surface area contributed by atoms with Gasteiger partial charge < -0.3 is 39.3 Å². The summed E-state index contributed by atoms with van der Waals surface area (Å²) in [7, 11) is 1.60. The zero-order valence-corrected chi connectivity index (χ0v) is 10.1. The van der Waals surface area contributed by atoms with Crippen LogP contribution >= 0.6 is 0 Å². The van der Waals surface area contributed by atoms with Crippen LogP contribution in [0, 0.1) is 0 Å². The zero-order valence-electron chi connectivity index (χ0n) is 7.90. The fourth-order valence-electron chi connectivity index (χ4n) is 0.937. The molecule has 0 aliphatic rings. The van der Waals surface area contributed by atoms with Gasteiger partial charge >= 0.3 is 0 Å². The summed E-state index contributed by atoms with van der Waals surface area (Å²) in [5, 5.41) is 27.8. The van der Waals surface area contributed by atoms with E-state index in [2.05, 4.69) is 0 Å². The fourth-order valence-corrected chi connectivity index (χ4v) is 0.937. The van der Waals surface area contributed by atoms with Crippen LogP contribution in [-0.2, 0) is 0 Å². The van der Waals surface area contributed by atoms with E-state index in [4.69, 9.17) is 0 Å². The summed E-state index contributed by atoms with van der Waals surface area (Å²) < 4.78 is -0.167. The molecule has 0 heterocycles. The first-order chi connectivity index (χ1) is 4.83. The van der Waals surface area contributed by atoms with Crippen molar-refractivity contribution in [3.63, 3.8) is 0 Å². The van der Waals surface area contributed by atoms with Crippen molar-refractivity contribution in [2.75, 3.05) is 7.05 Å². The van der Waals surface area contributed by atoms with E-state index in [9.17, 15) is 15.3 Å². The monoisotopic (exact) mass is 291 g/mol. The summed E-state index contributed by atoms with van der Waals surface area (Å²) in [5.41, 5.74) is 0. The summed E-state index contributed by atoms with van der Waals surface area (Å²) >= 11 is 0. The van der Waals surface area contributed by atoms with Gasteiger partial charge in [0, 0.05) is 20.8 Å². The average molecular weight is 291 g/mol. The molecule has 0 rings (SSSR count). The van der Waals surface area contributed by atoms with Gasteiger partial charge in [-0.25, -0.2) is 0 Å². The Bertz CT molecular complexity index is 106. The van der Waals surface area contributed by atoms with Gasteiger partial charge in [0.25, 0.3) is 0 Å². The lowest BCUT2D eigenvalue weighted by molar-refractivity contribution is -1.03. The van der Waals surface area contributed by atoms with Crippen LogP contribution in [0.25, 0.3) is 0 Å². The fraction of sp³-hybridized carbons (Fsp3) is 1.00. The quantitative estimate of drug-likeness (QED) is 0.287. The van der Waals surface area contributed by atoms with Gasteiger partial charge in [-0.3, -0.25) is 4.48 Å². The summed E-state index contributed by atoms with van der Waals surface area (Å²) in [4.78, 5) is 0. The van der Waals surface area contributed by atoms with Gasteiger partial charge in [-0.1, -0.05) is 0 Å². The topological polar surface area (TPSA) is 60.7 Å². The Morgan fingerprint density at radius 1 is 0.833 bits per heavy atom. The molecule has 4 nitrogen and oxygen atoms in total. The summed E-state index contributed by atoms with van der Waals surface area (Å²) in [6, 6.07) is 0. The highest BCUT2D eigenvalue weighted by Crippen LogP contribution is 2.16. The van der Waals surface area contributed by atoms with Crippen LogP contribution in [0.4, 0.5) is 0 Å². The normalized spacial score (nSPS) is 23.2. The summed E-state index contributed by atoms with van der Waals surface area (Å²) in [6.07, 6.45) is -2.35. The number of rotatable bonds is 3. The smallest absolute Gasteiger partial charge is 0.191 e. The minimum Gasteiger partial charge on any atom is -1.00 e. The van der Waals surface area contributed by atoms with Crippen molar-refractivity contribution >= 4 is 0 Å². The third-order valence-corrected chi connectivity index (χ3v) is 2.42. The lowest BCUT2D eigenvalue weighted by atomic mass is 10.3. The molecule has 5 heteroatoms. The Hall–Kier alpha value is 0.570. The molecule has 0 aromatic carbocycles. The second-order valence-corrected chi connectivity index (χ2v) is 3.12. The van der Waals surface area contributed by atoms with Crippen LogP contribution in [0.2, 0.25) is 0 Å². The minimum atomic E-state index is -0.782. The van der Waals surface area contributed by atoms with Gasteiger partial charge in [0.2, 0.25) is 0 Å². The van der Waals surface area contributed by atoms with Crippen molar-refractivity contribution in [3.8, 4) is 0 Å². The minimum absolute atomic E-state index is 0. The highest BCUT2D eigenvalue weighted by atomic mass is 127. The Morgan fingerprint density at radius 3 is 1.00 bits per heavy atom. The second kappa shape index (κ2) is 5.33. The maximum atomic E-state index is 9.26. The maximum Gasteiger partial charge on any atom is 0.191 e. The van der Waals surface area contributed by atoms with Crippen LogP contribution < -0.4 is 24.0 Å². The van der Waals surface area contributed by atoms with Gasteiger partial charge in [0.15, 0.2) is 18.7 Å². The van der Waals surface area contributed by atoms with Crippen LogP contribution in [-0.4, -0.2) is 45.5 Å². The van der Waals surface area contributed by atoms with Crippen LogP contribution in [0.3, 0.4) is 0 Å². The number of hydrogen-bond donors (Lipinski definition) is 3. The molecule has 76 valence electrons. The molecule has 0 fully saturated rings. The average Bonchev–Trinajstić information content (AvgIpc) is 1.84. The SMILES string of the molecule is CC(O)[N+](C)(C(C)O)C(C)O.[I-]. The number of halogens is 1. The molecule has 0 amide bonds. The molecule has 3 atom stereocenters. The first kappa shape index (κ1) is 15.1. The van der Waals surface area contributed by atoms with Crippen LogP contribution in [0.5, 0.6) is 0 Å². The van der Waals surface area contributed by atoms with E-state index in [1.165, 1.54) is 0 Å². The van der Waals surface area contributed by atoms with Crippen molar-refractivity contribution < 1.29 is 43.8 Å². The molecule has 0 spiro atoms. The Labute approximate surface area is 90.4 Å². The maximum absolute atomic E-state index is 9.26. The predicted octanol–water partition coefficient (Wildman–Crippen LogP) is -3.55. The highest BCUT2D eigenvalue weighted by molar-refractivity contribution is 4.40. The lowest BCUT2D eigenvalue weighted by Crippen LogP contribution is -3.00. The Kier molecular flexibility index (Phi) is 6.69. The first-order valence-corrected chi connectivity index (χ1v) is 3.73. The van der Waals surface area contributed by atoms with Gasteiger partial charge in [-0.15, -0.1) is 0 Å². The van der Waals surface area contributed by atoms with E-state index in [1.54, 1.807) is 27.8 Å². The van der Waals surface area contributed by atoms with E-state index in [0.717, 1.165) is 0 Å². The van der Waals surface area contributed by atoms with Gasteiger partial charge in [0.05, 0.1) is 7.05 Å². The molecule has 3 N–H and O–H groups in total. The number of hydrogen-bond acceptors (Lipinski definition) is 3. The van der Waals surface area contributed by atoms with Crippen molar-refractivity contribution in [1.82, 2.24) is 0 Å². The molecular weight excluding hydrogens is 273 g/mol. The Morgan fingerprint density at radius 2 is 1.00 bits per heavy atom. The Balaban J connectivity index is 0. The first-order valence-electron chi connectivity index (χ1n) is 3.73. The van der Waals surface area contributed by atoms with Gasteiger partial charge in [0.1, 0.15) is 0 Å². The number of quaternary nitrogens is 1. The van der Waals surface area contributed by atoms with Crippen molar-refractivity contribution in [1.29, 1.82) is 0 Å². The van der Waals surface area contributed by atoms with Crippen LogP contribution in [0.1, 0.15) is 20.8 Å². The van der Waals surface area contributed by atoms with Gasteiger partial charge in [-0.2, -0.15) is 0 Å². The summed E-state index contributed by atoms with van der Waals surface area (Å²) in [5.74, 6) is 0. The van der Waals surface area contributed by atoms with Gasteiger partial charge in [-0.05, 0) is 0 Å². The van der Waals surface area contributed by atoms with E-state index in [0.29, 0.717) is 0 Å².